The molecule has 0 saturated heterocycles. The predicted molar refractivity (Wildman–Crippen MR) is 134 cm³/mol. The summed E-state index contributed by atoms with van der Waals surface area (Å²) in [5.41, 5.74) is 6.87. The lowest BCUT2D eigenvalue weighted by Crippen LogP contribution is -2.24. The number of para-hydroxylation sites is 2. The van der Waals surface area contributed by atoms with Crippen molar-refractivity contribution in [1.29, 1.82) is 0 Å². The van der Waals surface area contributed by atoms with Gasteiger partial charge in [-0.2, -0.15) is 0 Å². The lowest BCUT2D eigenvalue weighted by Gasteiger charge is -2.21. The summed E-state index contributed by atoms with van der Waals surface area (Å²) in [5, 5.41) is 17.4. The van der Waals surface area contributed by atoms with Crippen LogP contribution in [0.15, 0.2) is 97.1 Å². The van der Waals surface area contributed by atoms with Gasteiger partial charge in [-0.05, 0) is 42.3 Å². The van der Waals surface area contributed by atoms with Gasteiger partial charge < -0.3 is 0 Å². The molecule has 0 aliphatic carbocycles. The van der Waals surface area contributed by atoms with Crippen LogP contribution in [0, 0.1) is 6.92 Å². The first-order valence-electron chi connectivity index (χ1n) is 11.5. The first-order valence-corrected chi connectivity index (χ1v) is 11.5. The molecule has 6 aromatic rings. The third-order valence-electron chi connectivity index (χ3n) is 6.30. The topological polar surface area (TPSA) is 78.5 Å². The minimum Gasteiger partial charge on any atom is -0.291 e. The van der Waals surface area contributed by atoms with Crippen molar-refractivity contribution in [2.24, 2.45) is 0 Å². The van der Waals surface area contributed by atoms with Gasteiger partial charge in [0.25, 0.3) is 0 Å². The van der Waals surface area contributed by atoms with Crippen molar-refractivity contribution in [1.82, 2.24) is 30.0 Å². The number of aryl methyl sites for hydroxylation is 1. The van der Waals surface area contributed by atoms with E-state index in [9.17, 15) is 4.79 Å². The Morgan fingerprint density at radius 2 is 1.37 bits per heavy atom. The fourth-order valence-electron chi connectivity index (χ4n) is 4.48. The summed E-state index contributed by atoms with van der Waals surface area (Å²) in [5.74, 6) is -0.0449. The maximum atomic E-state index is 14.0. The monoisotopic (exact) mass is 458 g/mol. The molecule has 1 unspecified atom stereocenters. The van der Waals surface area contributed by atoms with E-state index < -0.39 is 6.04 Å². The molecule has 35 heavy (non-hydrogen) atoms. The highest BCUT2D eigenvalue weighted by molar-refractivity contribution is 6.01. The van der Waals surface area contributed by atoms with Gasteiger partial charge >= 0.3 is 0 Å². The maximum absolute atomic E-state index is 14.0. The minimum atomic E-state index is -0.684. The molecule has 170 valence electrons. The molecule has 7 nitrogen and oxygen atoms in total. The summed E-state index contributed by atoms with van der Waals surface area (Å²) in [6, 6.07) is 30.5. The van der Waals surface area contributed by atoms with E-state index in [0.29, 0.717) is 12.1 Å². The summed E-state index contributed by atoms with van der Waals surface area (Å²) >= 11 is 0. The Balaban J connectivity index is 1.51. The summed E-state index contributed by atoms with van der Waals surface area (Å²) in [4.78, 5) is 14.0. The molecule has 1 atom stereocenters. The van der Waals surface area contributed by atoms with Crippen LogP contribution < -0.4 is 0 Å². The van der Waals surface area contributed by atoms with Crippen LogP contribution in [-0.4, -0.2) is 35.8 Å². The molecule has 0 N–H and O–H groups in total. The Hall–Kier alpha value is -4.65. The molecular formula is C28H22N6O. The van der Waals surface area contributed by atoms with Gasteiger partial charge in [0.05, 0.1) is 17.6 Å². The second kappa shape index (κ2) is 8.61. The van der Waals surface area contributed by atoms with Crippen LogP contribution in [0.25, 0.3) is 22.1 Å². The largest absolute Gasteiger partial charge is 0.291 e. The average Bonchev–Trinajstić information content (AvgIpc) is 3.50. The number of rotatable bonds is 6. The molecule has 0 aliphatic heterocycles. The molecule has 4 aromatic carbocycles. The first kappa shape index (κ1) is 20.9. The smallest absolute Gasteiger partial charge is 0.191 e. The Kier molecular flexibility index (Phi) is 5.15. The Morgan fingerprint density at radius 1 is 0.743 bits per heavy atom. The second-order valence-corrected chi connectivity index (χ2v) is 8.59. The van der Waals surface area contributed by atoms with E-state index in [4.69, 9.17) is 0 Å². The fourth-order valence-corrected chi connectivity index (χ4v) is 4.48. The van der Waals surface area contributed by atoms with Crippen molar-refractivity contribution in [3.05, 3.63) is 119 Å². The summed E-state index contributed by atoms with van der Waals surface area (Å²) < 4.78 is 3.59. The van der Waals surface area contributed by atoms with Gasteiger partial charge in [-0.25, -0.2) is 9.36 Å². The third-order valence-corrected chi connectivity index (χ3v) is 6.30. The molecule has 2 heterocycles. The molecule has 6 rings (SSSR count). The van der Waals surface area contributed by atoms with Gasteiger partial charge in [0.15, 0.2) is 5.78 Å². The van der Waals surface area contributed by atoms with E-state index >= 15 is 0 Å². The van der Waals surface area contributed by atoms with Crippen LogP contribution in [0.3, 0.4) is 0 Å². The second-order valence-electron chi connectivity index (χ2n) is 8.59. The SMILES string of the molecule is Cc1ccc(C(=O)C(c2ccccc2Cn2nnc3ccccc32)n2nnc3ccccc32)cc1. The molecular weight excluding hydrogens is 436 g/mol. The zero-order chi connectivity index (χ0) is 23.8. The van der Waals surface area contributed by atoms with Crippen LogP contribution in [0.2, 0.25) is 0 Å². The molecule has 0 radical (unpaired) electrons. The van der Waals surface area contributed by atoms with Gasteiger partial charge in [-0.15, -0.1) is 10.2 Å². The lowest BCUT2D eigenvalue weighted by molar-refractivity contribution is 0.0940. The van der Waals surface area contributed by atoms with E-state index in [0.717, 1.165) is 38.8 Å². The maximum Gasteiger partial charge on any atom is 0.191 e. The molecule has 0 aliphatic rings. The zero-order valence-electron chi connectivity index (χ0n) is 19.1. The number of fused-ring (bicyclic) bond motifs is 2. The van der Waals surface area contributed by atoms with Crippen LogP contribution in [-0.2, 0) is 6.54 Å². The van der Waals surface area contributed by atoms with Crippen LogP contribution in [0.4, 0.5) is 0 Å². The normalized spacial score (nSPS) is 12.3. The van der Waals surface area contributed by atoms with Gasteiger partial charge in [-0.1, -0.05) is 88.8 Å². The lowest BCUT2D eigenvalue weighted by atomic mass is 9.93. The van der Waals surface area contributed by atoms with Crippen molar-refractivity contribution in [2.75, 3.05) is 0 Å². The number of hydrogen-bond donors (Lipinski definition) is 0. The number of nitrogens with zero attached hydrogens (tertiary/aromatic N) is 6. The van der Waals surface area contributed by atoms with Gasteiger partial charge in [0, 0.05) is 5.56 Å². The molecule has 7 heteroatoms. The molecule has 0 bridgehead atoms. The number of hydrogen-bond acceptors (Lipinski definition) is 5. The number of Topliss-reactive ketones (excluding diaryl/α,β-unsaturated/α-hetero) is 1. The first-order chi connectivity index (χ1) is 17.2. The van der Waals surface area contributed by atoms with Crippen molar-refractivity contribution in [3.8, 4) is 0 Å². The number of aromatic nitrogens is 6. The van der Waals surface area contributed by atoms with Crippen molar-refractivity contribution < 1.29 is 4.79 Å². The van der Waals surface area contributed by atoms with E-state index in [1.54, 1.807) is 4.68 Å². The summed E-state index contributed by atoms with van der Waals surface area (Å²) in [6.07, 6.45) is 0. The third kappa shape index (κ3) is 3.77. The Bertz CT molecular complexity index is 1660. The highest BCUT2D eigenvalue weighted by atomic mass is 16.1. The van der Waals surface area contributed by atoms with Gasteiger partial charge in [0.2, 0.25) is 0 Å². The molecule has 0 spiro atoms. The summed E-state index contributed by atoms with van der Waals surface area (Å²) in [6.45, 7) is 2.48. The Morgan fingerprint density at radius 3 is 2.17 bits per heavy atom. The van der Waals surface area contributed by atoms with Crippen molar-refractivity contribution in [2.45, 2.75) is 19.5 Å². The van der Waals surface area contributed by atoms with Crippen LogP contribution in [0.1, 0.15) is 33.1 Å². The highest BCUT2D eigenvalue weighted by Crippen LogP contribution is 2.29. The quantitative estimate of drug-likeness (QED) is 0.328. The Labute approximate surface area is 201 Å². The number of carbonyl (C=O) groups is 1. The minimum absolute atomic E-state index is 0.0449. The molecule has 0 amide bonds. The number of carbonyl (C=O) groups excluding carboxylic acids is 1. The van der Waals surface area contributed by atoms with Crippen molar-refractivity contribution >= 4 is 27.9 Å². The van der Waals surface area contributed by atoms with Crippen LogP contribution in [0.5, 0.6) is 0 Å². The standard InChI is InChI=1S/C28H22N6O/c1-19-14-16-20(17-15-19)28(35)27(34-26-13-7-5-11-24(26)30-32-34)22-9-3-2-8-21(22)18-33-25-12-6-4-10-23(25)29-31-33/h2-17,27H,18H2,1H3. The van der Waals surface area contributed by atoms with E-state index in [2.05, 4.69) is 20.6 Å². The molecule has 0 saturated carbocycles. The summed E-state index contributed by atoms with van der Waals surface area (Å²) in [7, 11) is 0. The molecule has 2 aromatic heterocycles. The molecule has 0 fully saturated rings. The average molecular weight is 459 g/mol. The van der Waals surface area contributed by atoms with E-state index in [-0.39, 0.29) is 5.78 Å². The fraction of sp³-hybridized carbons (Fsp3) is 0.107. The van der Waals surface area contributed by atoms with Gasteiger partial charge in [0.1, 0.15) is 17.1 Å². The zero-order valence-corrected chi connectivity index (χ0v) is 19.1. The van der Waals surface area contributed by atoms with Gasteiger partial charge in [-0.3, -0.25) is 4.79 Å². The van der Waals surface area contributed by atoms with Crippen molar-refractivity contribution in [3.63, 3.8) is 0 Å². The van der Waals surface area contributed by atoms with E-state index in [1.807, 2.05) is 109 Å². The predicted octanol–water partition coefficient (Wildman–Crippen LogP) is 5.01. The number of ketones is 1. The number of benzene rings is 4. The van der Waals surface area contributed by atoms with E-state index in [1.165, 1.54) is 0 Å². The van der Waals surface area contributed by atoms with Crippen LogP contribution >= 0.6 is 0 Å². The highest BCUT2D eigenvalue weighted by Gasteiger charge is 2.29.